The predicted molar refractivity (Wildman–Crippen MR) is 47.2 cm³/mol. The minimum atomic E-state index is -0.852. The maximum atomic E-state index is 10.0. The second-order valence-electron chi connectivity index (χ2n) is 4.46. The summed E-state index contributed by atoms with van der Waals surface area (Å²) in [7, 11) is 0. The largest absolute Gasteiger partial charge is 0.389 e. The molecule has 4 atom stereocenters. The molecule has 1 unspecified atom stereocenters. The lowest BCUT2D eigenvalue weighted by Crippen LogP contribution is -2.56. The van der Waals surface area contributed by atoms with E-state index >= 15 is 0 Å². The summed E-state index contributed by atoms with van der Waals surface area (Å²) in [5.41, 5.74) is -0.852. The molecule has 0 bridgehead atoms. The van der Waals surface area contributed by atoms with Gasteiger partial charge in [-0.3, -0.25) is 4.90 Å². The summed E-state index contributed by atoms with van der Waals surface area (Å²) in [6, 6.07) is -0.281. The van der Waals surface area contributed by atoms with Crippen molar-refractivity contribution < 1.29 is 15.3 Å². The fourth-order valence-electron chi connectivity index (χ4n) is 2.67. The van der Waals surface area contributed by atoms with Gasteiger partial charge in [0.15, 0.2) is 0 Å². The van der Waals surface area contributed by atoms with E-state index in [-0.39, 0.29) is 6.04 Å². The highest BCUT2D eigenvalue weighted by Gasteiger charge is 2.50. The summed E-state index contributed by atoms with van der Waals surface area (Å²) >= 11 is 0. The molecule has 0 spiro atoms. The molecule has 2 aliphatic rings. The average Bonchev–Trinajstić information content (AvgIpc) is 2.28. The highest BCUT2D eigenvalue weighted by molar-refractivity contribution is 5.05. The summed E-state index contributed by atoms with van der Waals surface area (Å²) in [6.07, 6.45) is 0.144. The molecule has 2 aliphatic heterocycles. The molecule has 0 amide bonds. The highest BCUT2D eigenvalue weighted by atomic mass is 16.3. The fourth-order valence-corrected chi connectivity index (χ4v) is 2.67. The normalized spacial score (nSPS) is 52.2. The molecule has 4 nitrogen and oxygen atoms in total. The van der Waals surface area contributed by atoms with Crippen LogP contribution in [0, 0.1) is 0 Å². The second-order valence-corrected chi connectivity index (χ2v) is 4.46. The Hall–Kier alpha value is -0.160. The van der Waals surface area contributed by atoms with Crippen LogP contribution in [-0.4, -0.2) is 57.2 Å². The van der Waals surface area contributed by atoms with Gasteiger partial charge in [-0.15, -0.1) is 0 Å². The van der Waals surface area contributed by atoms with Crippen LogP contribution in [0.25, 0.3) is 0 Å². The molecule has 76 valence electrons. The van der Waals surface area contributed by atoms with Crippen molar-refractivity contribution in [2.45, 2.75) is 43.6 Å². The van der Waals surface area contributed by atoms with Crippen LogP contribution in [0.4, 0.5) is 0 Å². The third-order valence-corrected chi connectivity index (χ3v) is 3.30. The van der Waals surface area contributed by atoms with Gasteiger partial charge in [0.2, 0.25) is 0 Å². The van der Waals surface area contributed by atoms with Crippen LogP contribution in [-0.2, 0) is 0 Å². The van der Waals surface area contributed by atoms with Gasteiger partial charge in [-0.1, -0.05) is 0 Å². The van der Waals surface area contributed by atoms with E-state index in [2.05, 4.69) is 0 Å². The van der Waals surface area contributed by atoms with Crippen LogP contribution < -0.4 is 0 Å². The predicted octanol–water partition coefficient (Wildman–Crippen LogP) is -1.06. The van der Waals surface area contributed by atoms with Gasteiger partial charge < -0.3 is 15.3 Å². The van der Waals surface area contributed by atoms with Crippen LogP contribution in [0.5, 0.6) is 0 Å². The van der Waals surface area contributed by atoms with Gasteiger partial charge in [0.1, 0.15) is 0 Å². The maximum absolute atomic E-state index is 10.0. The van der Waals surface area contributed by atoms with E-state index in [1.807, 2.05) is 4.90 Å². The van der Waals surface area contributed by atoms with Gasteiger partial charge in [0.25, 0.3) is 0 Å². The molecule has 0 aromatic heterocycles. The van der Waals surface area contributed by atoms with Crippen molar-refractivity contribution in [2.24, 2.45) is 0 Å². The number of hydrogen-bond donors (Lipinski definition) is 3. The monoisotopic (exact) mass is 187 g/mol. The number of piperidine rings is 1. The first-order chi connectivity index (χ1) is 6.02. The standard InChI is InChI=1S/C9H17NO3/c1-9(13)3-2-4-10-5-6(11)7(12)8(9)10/h6-8,11-13H,2-5H2,1H3/t6-,7-,8-,9?/m1/s1. The van der Waals surface area contributed by atoms with Gasteiger partial charge in [0.05, 0.1) is 23.9 Å². The zero-order chi connectivity index (χ0) is 9.64. The summed E-state index contributed by atoms with van der Waals surface area (Å²) in [5.74, 6) is 0. The van der Waals surface area contributed by atoms with E-state index in [1.165, 1.54) is 0 Å². The van der Waals surface area contributed by atoms with E-state index < -0.39 is 17.8 Å². The van der Waals surface area contributed by atoms with Crippen molar-refractivity contribution in [3.8, 4) is 0 Å². The van der Waals surface area contributed by atoms with Crippen molar-refractivity contribution in [3.63, 3.8) is 0 Å². The molecule has 0 aromatic rings. The topological polar surface area (TPSA) is 63.9 Å². The van der Waals surface area contributed by atoms with E-state index in [1.54, 1.807) is 6.92 Å². The van der Waals surface area contributed by atoms with E-state index in [4.69, 9.17) is 0 Å². The average molecular weight is 187 g/mol. The maximum Gasteiger partial charge on any atom is 0.0994 e. The number of aliphatic hydroxyl groups is 3. The van der Waals surface area contributed by atoms with Crippen LogP contribution in [0.2, 0.25) is 0 Å². The molecule has 0 aliphatic carbocycles. The smallest absolute Gasteiger partial charge is 0.0994 e. The highest BCUT2D eigenvalue weighted by Crippen LogP contribution is 2.34. The van der Waals surface area contributed by atoms with Gasteiger partial charge in [-0.05, 0) is 26.3 Å². The summed E-state index contributed by atoms with van der Waals surface area (Å²) in [4.78, 5) is 1.98. The van der Waals surface area contributed by atoms with E-state index in [0.29, 0.717) is 13.0 Å². The minimum Gasteiger partial charge on any atom is -0.389 e. The van der Waals surface area contributed by atoms with Crippen molar-refractivity contribution in [1.82, 2.24) is 4.90 Å². The van der Waals surface area contributed by atoms with Crippen molar-refractivity contribution >= 4 is 0 Å². The quantitative estimate of drug-likeness (QED) is 0.452. The van der Waals surface area contributed by atoms with Gasteiger partial charge in [-0.25, -0.2) is 0 Å². The Bertz CT molecular complexity index is 207. The number of aliphatic hydroxyl groups excluding tert-OH is 2. The van der Waals surface area contributed by atoms with Gasteiger partial charge >= 0.3 is 0 Å². The molecule has 2 rings (SSSR count). The third-order valence-electron chi connectivity index (χ3n) is 3.30. The van der Waals surface area contributed by atoms with Crippen molar-refractivity contribution in [3.05, 3.63) is 0 Å². The lowest BCUT2D eigenvalue weighted by atomic mass is 9.85. The van der Waals surface area contributed by atoms with Crippen LogP contribution >= 0.6 is 0 Å². The zero-order valence-corrected chi connectivity index (χ0v) is 7.85. The third kappa shape index (κ3) is 1.38. The summed E-state index contributed by atoms with van der Waals surface area (Å²) < 4.78 is 0. The minimum absolute atomic E-state index is 0.281. The molecule has 4 heteroatoms. The molecule has 2 heterocycles. The SMILES string of the molecule is CC1(O)CCCN2C[C@@H](O)[C@@H](O)[C@@H]21. The molecule has 0 aromatic carbocycles. The van der Waals surface area contributed by atoms with Crippen molar-refractivity contribution in [1.29, 1.82) is 0 Å². The fraction of sp³-hybridized carbons (Fsp3) is 1.00. The number of nitrogens with zero attached hydrogens (tertiary/aromatic N) is 1. The first-order valence-electron chi connectivity index (χ1n) is 4.85. The Labute approximate surface area is 77.8 Å². The van der Waals surface area contributed by atoms with E-state index in [9.17, 15) is 15.3 Å². The molecule has 2 saturated heterocycles. The Morgan fingerprint density at radius 3 is 2.69 bits per heavy atom. The first-order valence-corrected chi connectivity index (χ1v) is 4.85. The number of fused-ring (bicyclic) bond motifs is 1. The van der Waals surface area contributed by atoms with Gasteiger partial charge in [-0.2, -0.15) is 0 Å². The van der Waals surface area contributed by atoms with Crippen LogP contribution in [0.15, 0.2) is 0 Å². The van der Waals surface area contributed by atoms with Crippen molar-refractivity contribution in [2.75, 3.05) is 13.1 Å². The Kier molecular flexibility index (Phi) is 2.11. The second kappa shape index (κ2) is 2.92. The Morgan fingerprint density at radius 2 is 2.08 bits per heavy atom. The zero-order valence-electron chi connectivity index (χ0n) is 7.85. The van der Waals surface area contributed by atoms with E-state index in [0.717, 1.165) is 13.0 Å². The molecular weight excluding hydrogens is 170 g/mol. The molecule has 0 radical (unpaired) electrons. The number of rotatable bonds is 0. The van der Waals surface area contributed by atoms with Gasteiger partial charge in [0, 0.05) is 6.54 Å². The van der Waals surface area contributed by atoms with Crippen LogP contribution in [0.3, 0.4) is 0 Å². The Morgan fingerprint density at radius 1 is 1.38 bits per heavy atom. The Balaban J connectivity index is 2.21. The number of hydrogen-bond acceptors (Lipinski definition) is 4. The molecule has 13 heavy (non-hydrogen) atoms. The molecule has 2 fully saturated rings. The van der Waals surface area contributed by atoms with Crippen LogP contribution in [0.1, 0.15) is 19.8 Å². The molecule has 3 N–H and O–H groups in total. The molecular formula is C9H17NO3. The lowest BCUT2D eigenvalue weighted by molar-refractivity contribution is -0.0898. The first kappa shape index (κ1) is 9.40. The summed E-state index contributed by atoms with van der Waals surface area (Å²) in [6.45, 7) is 3.10. The molecule has 0 saturated carbocycles. The lowest BCUT2D eigenvalue weighted by Gasteiger charge is -2.42. The summed E-state index contributed by atoms with van der Waals surface area (Å²) in [5, 5.41) is 29.2.